The van der Waals surface area contributed by atoms with Gasteiger partial charge >= 0.3 is 0 Å². The summed E-state index contributed by atoms with van der Waals surface area (Å²) in [5, 5.41) is 2.64. The van der Waals surface area contributed by atoms with Gasteiger partial charge in [0.1, 0.15) is 5.78 Å². The predicted molar refractivity (Wildman–Crippen MR) is 47.9 cm³/mol. The molecule has 0 aromatic carbocycles. The molecule has 0 fully saturated rings. The van der Waals surface area contributed by atoms with Crippen molar-refractivity contribution in [2.75, 3.05) is 0 Å². The highest BCUT2D eigenvalue weighted by molar-refractivity contribution is 5.96. The molecule has 1 rings (SSSR count). The Kier molecular flexibility index (Phi) is 3.25. The molecule has 0 spiro atoms. The molecule has 0 aliphatic carbocycles. The van der Waals surface area contributed by atoms with Gasteiger partial charge in [-0.1, -0.05) is 0 Å². The van der Waals surface area contributed by atoms with Crippen LogP contribution in [0, 0.1) is 0 Å². The maximum atomic E-state index is 11.0. The predicted octanol–water partition coefficient (Wildman–Crippen LogP) is 0.610. The molecule has 1 aromatic heterocycles. The van der Waals surface area contributed by atoms with Crippen LogP contribution in [0.4, 0.5) is 0 Å². The number of hydrogen-bond acceptors (Lipinski definition) is 2. The molecule has 70 valence electrons. The fourth-order valence-electron chi connectivity index (χ4n) is 0.958. The summed E-state index contributed by atoms with van der Waals surface area (Å²) in [6.45, 7) is 1.87. The maximum absolute atomic E-state index is 11.0. The van der Waals surface area contributed by atoms with Crippen molar-refractivity contribution in [3.05, 3.63) is 24.0 Å². The maximum Gasteiger partial charge on any atom is 0.227 e. The molecule has 4 nitrogen and oxygen atoms in total. The zero-order valence-electron chi connectivity index (χ0n) is 7.46. The molecular formula is C9H12N2O2. The summed E-state index contributed by atoms with van der Waals surface area (Å²) in [5.41, 5.74) is 0.997. The van der Waals surface area contributed by atoms with Crippen molar-refractivity contribution in [1.82, 2.24) is 10.3 Å². The molecule has 0 aliphatic heterocycles. The standard InChI is InChI=1S/C9H12N2O2/c1-7(12)4-9(13)11-6-8-2-3-10-5-8/h2-3,5,10H,4,6H2,1H3,(H,11,13). The number of H-pyrrole nitrogens is 1. The first-order valence-electron chi connectivity index (χ1n) is 4.06. The summed E-state index contributed by atoms with van der Waals surface area (Å²) in [7, 11) is 0. The Morgan fingerprint density at radius 3 is 2.85 bits per heavy atom. The molecule has 2 N–H and O–H groups in total. The van der Waals surface area contributed by atoms with Gasteiger partial charge in [0.05, 0.1) is 6.42 Å². The first-order valence-corrected chi connectivity index (χ1v) is 4.06. The SMILES string of the molecule is CC(=O)CC(=O)NCc1cc[nH]c1. The summed E-state index contributed by atoms with van der Waals surface area (Å²) in [6, 6.07) is 1.87. The minimum Gasteiger partial charge on any atom is -0.367 e. The van der Waals surface area contributed by atoms with Gasteiger partial charge in [-0.15, -0.1) is 0 Å². The molecule has 0 aliphatic rings. The summed E-state index contributed by atoms with van der Waals surface area (Å²) in [4.78, 5) is 24.4. The number of ketones is 1. The van der Waals surface area contributed by atoms with Gasteiger partial charge in [-0.2, -0.15) is 0 Å². The lowest BCUT2D eigenvalue weighted by Crippen LogP contribution is -2.24. The molecule has 13 heavy (non-hydrogen) atoms. The number of nitrogens with one attached hydrogen (secondary N) is 2. The first kappa shape index (κ1) is 9.51. The first-order chi connectivity index (χ1) is 6.18. The second kappa shape index (κ2) is 4.45. The molecular weight excluding hydrogens is 168 g/mol. The number of rotatable bonds is 4. The van der Waals surface area contributed by atoms with Gasteiger partial charge in [-0.05, 0) is 18.6 Å². The van der Waals surface area contributed by atoms with Gasteiger partial charge in [-0.25, -0.2) is 0 Å². The van der Waals surface area contributed by atoms with E-state index < -0.39 is 0 Å². The van der Waals surface area contributed by atoms with Crippen LogP contribution in [0.3, 0.4) is 0 Å². The topological polar surface area (TPSA) is 62.0 Å². The van der Waals surface area contributed by atoms with Crippen LogP contribution in [-0.4, -0.2) is 16.7 Å². The summed E-state index contributed by atoms with van der Waals surface area (Å²) >= 11 is 0. The van der Waals surface area contributed by atoms with Crippen molar-refractivity contribution in [3.8, 4) is 0 Å². The van der Waals surface area contributed by atoms with E-state index in [1.807, 2.05) is 6.07 Å². The average Bonchev–Trinajstić information content (AvgIpc) is 2.51. The minimum atomic E-state index is -0.228. The second-order valence-electron chi connectivity index (χ2n) is 2.87. The largest absolute Gasteiger partial charge is 0.367 e. The normalized spacial score (nSPS) is 9.62. The molecule has 0 saturated heterocycles. The van der Waals surface area contributed by atoms with Crippen molar-refractivity contribution in [2.24, 2.45) is 0 Å². The van der Waals surface area contributed by atoms with Gasteiger partial charge in [0.25, 0.3) is 0 Å². The van der Waals surface area contributed by atoms with Gasteiger partial charge in [0, 0.05) is 18.9 Å². The molecule has 1 heterocycles. The Morgan fingerprint density at radius 1 is 1.54 bits per heavy atom. The number of aromatic nitrogens is 1. The van der Waals surface area contributed by atoms with Crippen LogP contribution >= 0.6 is 0 Å². The van der Waals surface area contributed by atoms with Crippen molar-refractivity contribution < 1.29 is 9.59 Å². The second-order valence-corrected chi connectivity index (χ2v) is 2.87. The van der Waals surface area contributed by atoms with E-state index in [4.69, 9.17) is 0 Å². The van der Waals surface area contributed by atoms with Crippen LogP contribution in [0.2, 0.25) is 0 Å². The van der Waals surface area contributed by atoms with E-state index in [1.54, 1.807) is 12.4 Å². The molecule has 0 radical (unpaired) electrons. The molecule has 1 amide bonds. The van der Waals surface area contributed by atoms with E-state index in [1.165, 1.54) is 6.92 Å². The zero-order chi connectivity index (χ0) is 9.68. The Balaban J connectivity index is 2.27. The smallest absolute Gasteiger partial charge is 0.227 e. The third-order valence-corrected chi connectivity index (χ3v) is 1.56. The van der Waals surface area contributed by atoms with Crippen molar-refractivity contribution in [3.63, 3.8) is 0 Å². The van der Waals surface area contributed by atoms with Crippen LogP contribution < -0.4 is 5.32 Å². The van der Waals surface area contributed by atoms with Gasteiger partial charge in [0.2, 0.25) is 5.91 Å². The van der Waals surface area contributed by atoms with Crippen LogP contribution in [0.25, 0.3) is 0 Å². The molecule has 0 bridgehead atoms. The van der Waals surface area contributed by atoms with Crippen LogP contribution in [0.5, 0.6) is 0 Å². The van der Waals surface area contributed by atoms with Crippen molar-refractivity contribution in [1.29, 1.82) is 0 Å². The highest BCUT2D eigenvalue weighted by atomic mass is 16.2. The fourth-order valence-corrected chi connectivity index (χ4v) is 0.958. The van der Waals surface area contributed by atoms with Crippen LogP contribution in [-0.2, 0) is 16.1 Å². The van der Waals surface area contributed by atoms with Crippen LogP contribution in [0.1, 0.15) is 18.9 Å². The summed E-state index contributed by atoms with van der Waals surface area (Å²) < 4.78 is 0. The van der Waals surface area contributed by atoms with Gasteiger partial charge in [0.15, 0.2) is 0 Å². The lowest BCUT2D eigenvalue weighted by atomic mass is 10.3. The third-order valence-electron chi connectivity index (χ3n) is 1.56. The fraction of sp³-hybridized carbons (Fsp3) is 0.333. The highest BCUT2D eigenvalue weighted by Gasteiger charge is 2.03. The Labute approximate surface area is 76.3 Å². The van der Waals surface area contributed by atoms with Crippen LogP contribution in [0.15, 0.2) is 18.5 Å². The quantitative estimate of drug-likeness (QED) is 0.667. The van der Waals surface area contributed by atoms with Crippen molar-refractivity contribution in [2.45, 2.75) is 19.9 Å². The molecule has 0 unspecified atom stereocenters. The summed E-state index contributed by atoms with van der Waals surface area (Å²) in [5.74, 6) is -0.347. The number of Topliss-reactive ketones (excluding diaryl/α,β-unsaturated/α-hetero) is 1. The lowest BCUT2D eigenvalue weighted by molar-refractivity contribution is -0.127. The number of carbonyl (C=O) groups is 2. The van der Waals surface area contributed by atoms with E-state index in [9.17, 15) is 9.59 Å². The lowest BCUT2D eigenvalue weighted by Gasteiger charge is -2.00. The average molecular weight is 180 g/mol. The summed E-state index contributed by atoms with van der Waals surface area (Å²) in [6.07, 6.45) is 3.55. The highest BCUT2D eigenvalue weighted by Crippen LogP contribution is 1.95. The zero-order valence-corrected chi connectivity index (χ0v) is 7.46. The Hall–Kier alpha value is -1.58. The van der Waals surface area contributed by atoms with E-state index >= 15 is 0 Å². The molecule has 1 aromatic rings. The number of hydrogen-bond donors (Lipinski definition) is 2. The van der Waals surface area contributed by atoms with E-state index in [0.29, 0.717) is 6.54 Å². The van der Waals surface area contributed by atoms with Gasteiger partial charge < -0.3 is 10.3 Å². The Bertz CT molecular complexity index is 291. The number of aromatic amines is 1. The van der Waals surface area contributed by atoms with E-state index in [-0.39, 0.29) is 18.1 Å². The Morgan fingerprint density at radius 2 is 2.31 bits per heavy atom. The van der Waals surface area contributed by atoms with Crippen molar-refractivity contribution >= 4 is 11.7 Å². The van der Waals surface area contributed by atoms with Gasteiger partial charge in [-0.3, -0.25) is 9.59 Å². The minimum absolute atomic E-state index is 0.0373. The molecule has 0 atom stereocenters. The van der Waals surface area contributed by atoms with E-state index in [2.05, 4.69) is 10.3 Å². The number of amides is 1. The molecule has 0 saturated carbocycles. The number of carbonyl (C=O) groups excluding carboxylic acids is 2. The monoisotopic (exact) mass is 180 g/mol. The third kappa shape index (κ3) is 3.55. The molecule has 4 heteroatoms. The van der Waals surface area contributed by atoms with E-state index in [0.717, 1.165) is 5.56 Å².